The number of nitrogens with zero attached hydrogens (tertiary/aromatic N) is 4. The van der Waals surface area contributed by atoms with Gasteiger partial charge in [-0.1, -0.05) is 11.2 Å². The molecule has 1 aliphatic rings. The number of carbonyl (C=O) groups excluding carboxylic acids is 1. The molecule has 2 aromatic heterocycles. The molecule has 1 fully saturated rings. The normalized spacial score (nSPS) is 15.0. The lowest BCUT2D eigenvalue weighted by Crippen LogP contribution is -2.38. The Bertz CT molecular complexity index is 1010. The molecule has 1 aliphatic heterocycles. The first-order valence-corrected chi connectivity index (χ1v) is 9.34. The van der Waals surface area contributed by atoms with Gasteiger partial charge in [-0.15, -0.1) is 0 Å². The summed E-state index contributed by atoms with van der Waals surface area (Å²) in [6.45, 7) is 5.34. The predicted molar refractivity (Wildman–Crippen MR) is 106 cm³/mol. The van der Waals surface area contributed by atoms with Crippen LogP contribution in [0.2, 0.25) is 0 Å². The van der Waals surface area contributed by atoms with Crippen LogP contribution in [0.4, 0.5) is 11.5 Å². The number of aryl methyl sites for hydroxylation is 2. The highest BCUT2D eigenvalue weighted by molar-refractivity contribution is 5.94. The molecule has 0 radical (unpaired) electrons. The molecule has 1 N–H and O–H groups in total. The summed E-state index contributed by atoms with van der Waals surface area (Å²) in [6.07, 6.45) is 2.98. The van der Waals surface area contributed by atoms with E-state index in [0.29, 0.717) is 17.2 Å². The number of hydrogen-bond donors (Lipinski definition) is 1. The van der Waals surface area contributed by atoms with Crippen LogP contribution in [0.3, 0.4) is 0 Å². The Morgan fingerprint density at radius 3 is 2.79 bits per heavy atom. The number of aromatic nitrogens is 3. The molecule has 1 amide bonds. The molecule has 0 spiro atoms. The molecule has 0 saturated carbocycles. The molecular weight excluding hydrogens is 358 g/mol. The van der Waals surface area contributed by atoms with Crippen LogP contribution < -0.4 is 15.0 Å². The first-order chi connectivity index (χ1) is 13.6. The molecule has 28 heavy (non-hydrogen) atoms. The number of nitrogens with one attached hydrogen (secondary N) is 1. The second-order valence-electron chi connectivity index (χ2n) is 7.10. The monoisotopic (exact) mass is 381 g/mol. The fraction of sp³-hybridized carbons (Fsp3) is 0.400. The van der Waals surface area contributed by atoms with E-state index in [0.717, 1.165) is 48.4 Å². The number of hydrogen-bond acceptors (Lipinski definition) is 7. The standard InChI is InChI=1S/C20H23N5O3/c1-12-4-5-16(27-3)15(10-12)23-19(26)14-6-8-25(9-7-14)18-17-13(2)24-28-20(17)22-11-21-18/h4-5,10-11,14H,6-9H2,1-3H3,(H,23,26). The lowest BCUT2D eigenvalue weighted by Gasteiger charge is -2.32. The van der Waals surface area contributed by atoms with Crippen molar-refractivity contribution in [1.82, 2.24) is 15.1 Å². The van der Waals surface area contributed by atoms with Crippen LogP contribution in [-0.2, 0) is 4.79 Å². The third-order valence-electron chi connectivity index (χ3n) is 5.20. The molecule has 0 unspecified atom stereocenters. The molecule has 1 aromatic carbocycles. The maximum Gasteiger partial charge on any atom is 0.263 e. The maximum atomic E-state index is 12.8. The SMILES string of the molecule is COc1ccc(C)cc1NC(=O)C1CCN(c2ncnc3onc(C)c23)CC1. The van der Waals surface area contributed by atoms with E-state index in [-0.39, 0.29) is 11.8 Å². The zero-order valence-electron chi connectivity index (χ0n) is 16.2. The number of carbonyl (C=O) groups is 1. The van der Waals surface area contributed by atoms with Gasteiger partial charge in [0.2, 0.25) is 5.91 Å². The highest BCUT2D eigenvalue weighted by Crippen LogP contribution is 2.31. The average Bonchev–Trinajstić information content (AvgIpc) is 3.09. The fourth-order valence-corrected chi connectivity index (χ4v) is 3.65. The number of fused-ring (bicyclic) bond motifs is 1. The quantitative estimate of drug-likeness (QED) is 0.742. The summed E-state index contributed by atoms with van der Waals surface area (Å²) in [4.78, 5) is 23.5. The lowest BCUT2D eigenvalue weighted by atomic mass is 9.95. The zero-order chi connectivity index (χ0) is 19.7. The van der Waals surface area contributed by atoms with E-state index in [9.17, 15) is 4.79 Å². The minimum absolute atomic E-state index is 0.0255. The van der Waals surface area contributed by atoms with Crippen LogP contribution in [0.15, 0.2) is 29.0 Å². The molecule has 8 nitrogen and oxygen atoms in total. The molecule has 0 atom stereocenters. The van der Waals surface area contributed by atoms with Crippen molar-refractivity contribution < 1.29 is 14.1 Å². The summed E-state index contributed by atoms with van der Waals surface area (Å²) in [6, 6.07) is 5.76. The van der Waals surface area contributed by atoms with E-state index in [1.165, 1.54) is 6.33 Å². The molecule has 0 aliphatic carbocycles. The summed E-state index contributed by atoms with van der Waals surface area (Å²) in [5.41, 5.74) is 3.06. The van der Waals surface area contributed by atoms with E-state index in [1.807, 2.05) is 32.0 Å². The Kier molecular flexibility index (Phi) is 4.85. The molecule has 8 heteroatoms. The van der Waals surface area contributed by atoms with Gasteiger partial charge in [0.25, 0.3) is 5.71 Å². The Hall–Kier alpha value is -3.16. The van der Waals surface area contributed by atoms with Crippen LogP contribution in [-0.4, -0.2) is 41.2 Å². The van der Waals surface area contributed by atoms with Gasteiger partial charge in [-0.25, -0.2) is 4.98 Å². The fourth-order valence-electron chi connectivity index (χ4n) is 3.65. The number of anilines is 2. The minimum Gasteiger partial charge on any atom is -0.495 e. The van der Waals surface area contributed by atoms with E-state index in [4.69, 9.17) is 9.26 Å². The van der Waals surface area contributed by atoms with Gasteiger partial charge in [0.15, 0.2) is 0 Å². The summed E-state index contributed by atoms with van der Waals surface area (Å²) in [5.74, 6) is 1.46. The van der Waals surface area contributed by atoms with Crippen LogP contribution in [0.1, 0.15) is 24.1 Å². The number of ether oxygens (including phenoxy) is 1. The maximum absolute atomic E-state index is 12.8. The largest absolute Gasteiger partial charge is 0.495 e. The highest BCUT2D eigenvalue weighted by Gasteiger charge is 2.28. The lowest BCUT2D eigenvalue weighted by molar-refractivity contribution is -0.120. The van der Waals surface area contributed by atoms with E-state index in [1.54, 1.807) is 7.11 Å². The van der Waals surface area contributed by atoms with Crippen molar-refractivity contribution in [3.05, 3.63) is 35.8 Å². The van der Waals surface area contributed by atoms with Gasteiger partial charge in [0, 0.05) is 19.0 Å². The van der Waals surface area contributed by atoms with E-state index < -0.39 is 0 Å². The summed E-state index contributed by atoms with van der Waals surface area (Å²) in [5, 5.41) is 7.86. The molecule has 1 saturated heterocycles. The smallest absolute Gasteiger partial charge is 0.263 e. The summed E-state index contributed by atoms with van der Waals surface area (Å²) < 4.78 is 10.6. The first-order valence-electron chi connectivity index (χ1n) is 9.34. The first kappa shape index (κ1) is 18.2. The van der Waals surface area contributed by atoms with Crippen molar-refractivity contribution in [3.8, 4) is 5.75 Å². The molecule has 0 bridgehead atoms. The Balaban J connectivity index is 1.45. The van der Waals surface area contributed by atoms with Crippen molar-refractivity contribution in [2.45, 2.75) is 26.7 Å². The summed E-state index contributed by atoms with van der Waals surface area (Å²) in [7, 11) is 1.61. The van der Waals surface area contributed by atoms with Gasteiger partial charge >= 0.3 is 0 Å². The van der Waals surface area contributed by atoms with Crippen molar-refractivity contribution in [2.75, 3.05) is 30.4 Å². The second-order valence-corrected chi connectivity index (χ2v) is 7.10. The van der Waals surface area contributed by atoms with Crippen molar-refractivity contribution >= 4 is 28.5 Å². The molecule has 4 rings (SSSR count). The average molecular weight is 381 g/mol. The predicted octanol–water partition coefficient (Wildman–Crippen LogP) is 3.10. The van der Waals surface area contributed by atoms with Crippen LogP contribution in [0, 0.1) is 19.8 Å². The minimum atomic E-state index is -0.0534. The zero-order valence-corrected chi connectivity index (χ0v) is 16.2. The number of rotatable bonds is 4. The van der Waals surface area contributed by atoms with Crippen molar-refractivity contribution in [1.29, 1.82) is 0 Å². The van der Waals surface area contributed by atoms with Crippen molar-refractivity contribution in [3.63, 3.8) is 0 Å². The Labute approximate surface area is 162 Å². The molecule has 3 heterocycles. The molecule has 146 valence electrons. The van der Waals surface area contributed by atoms with Gasteiger partial charge < -0.3 is 19.5 Å². The Morgan fingerprint density at radius 1 is 1.25 bits per heavy atom. The van der Waals surface area contributed by atoms with Gasteiger partial charge in [-0.3, -0.25) is 4.79 Å². The second kappa shape index (κ2) is 7.46. The summed E-state index contributed by atoms with van der Waals surface area (Å²) >= 11 is 0. The van der Waals surface area contributed by atoms with Crippen molar-refractivity contribution in [2.24, 2.45) is 5.92 Å². The number of methoxy groups -OCH3 is 1. The number of piperidine rings is 1. The number of benzene rings is 1. The van der Waals surface area contributed by atoms with Crippen LogP contribution >= 0.6 is 0 Å². The van der Waals surface area contributed by atoms with E-state index >= 15 is 0 Å². The van der Waals surface area contributed by atoms with Gasteiger partial charge in [0.1, 0.15) is 23.3 Å². The van der Waals surface area contributed by atoms with Gasteiger partial charge in [-0.05, 0) is 44.4 Å². The van der Waals surface area contributed by atoms with Crippen LogP contribution in [0.25, 0.3) is 11.1 Å². The third-order valence-corrected chi connectivity index (χ3v) is 5.20. The number of amides is 1. The van der Waals surface area contributed by atoms with Gasteiger partial charge in [0.05, 0.1) is 18.5 Å². The molecule has 3 aromatic rings. The van der Waals surface area contributed by atoms with Crippen LogP contribution in [0.5, 0.6) is 5.75 Å². The van der Waals surface area contributed by atoms with Gasteiger partial charge in [-0.2, -0.15) is 4.98 Å². The highest BCUT2D eigenvalue weighted by atomic mass is 16.5. The molecular formula is C20H23N5O3. The third kappa shape index (κ3) is 3.37. The Morgan fingerprint density at radius 2 is 2.04 bits per heavy atom. The van der Waals surface area contributed by atoms with E-state index in [2.05, 4.69) is 25.3 Å². The topological polar surface area (TPSA) is 93.4 Å².